The fourth-order valence-electron chi connectivity index (χ4n) is 2.51. The molecule has 0 aliphatic heterocycles. The van der Waals surface area contributed by atoms with Gasteiger partial charge in [0.15, 0.2) is 0 Å². The van der Waals surface area contributed by atoms with E-state index in [0.29, 0.717) is 6.54 Å². The molecule has 0 atom stereocenters. The molecule has 0 aliphatic rings. The molecule has 3 rings (SSSR count). The van der Waals surface area contributed by atoms with Gasteiger partial charge < -0.3 is 15.0 Å². The molecule has 2 N–H and O–H groups in total. The van der Waals surface area contributed by atoms with Crippen molar-refractivity contribution in [2.45, 2.75) is 13.1 Å². The number of rotatable bonds is 5. The topological polar surface area (TPSA) is 53.1 Å². The molecule has 0 radical (unpaired) electrons. The highest BCUT2D eigenvalue weighted by molar-refractivity contribution is 5.58. The summed E-state index contributed by atoms with van der Waals surface area (Å²) < 4.78 is 7.42. The van der Waals surface area contributed by atoms with Crippen LogP contribution in [0, 0.1) is 0 Å². The Balaban J connectivity index is 1.91. The first kappa shape index (κ1) is 14.4. The second-order valence-electron chi connectivity index (χ2n) is 5.13. The first-order valence-electron chi connectivity index (χ1n) is 7.23. The van der Waals surface area contributed by atoms with Crippen LogP contribution in [0.1, 0.15) is 11.1 Å². The molecule has 0 fully saturated rings. The van der Waals surface area contributed by atoms with Crippen molar-refractivity contribution in [3.05, 3.63) is 72.1 Å². The molecule has 1 aromatic heterocycles. The molecule has 22 heavy (non-hydrogen) atoms. The van der Waals surface area contributed by atoms with Crippen LogP contribution in [0.15, 0.2) is 60.9 Å². The van der Waals surface area contributed by atoms with Gasteiger partial charge in [-0.1, -0.05) is 36.4 Å². The second kappa shape index (κ2) is 6.45. The van der Waals surface area contributed by atoms with Crippen LogP contribution < -0.4 is 10.5 Å². The Hall–Kier alpha value is -2.59. The molecule has 2 aromatic carbocycles. The van der Waals surface area contributed by atoms with Gasteiger partial charge in [-0.05, 0) is 23.3 Å². The van der Waals surface area contributed by atoms with Gasteiger partial charge in [0.25, 0.3) is 0 Å². The molecule has 0 aliphatic carbocycles. The molecular formula is C18H19N3O. The van der Waals surface area contributed by atoms with Gasteiger partial charge in [0.1, 0.15) is 11.6 Å². The van der Waals surface area contributed by atoms with E-state index in [0.717, 1.165) is 29.2 Å². The van der Waals surface area contributed by atoms with Gasteiger partial charge in [0, 0.05) is 31.0 Å². The third-order valence-corrected chi connectivity index (χ3v) is 3.62. The van der Waals surface area contributed by atoms with Crippen LogP contribution in [0.5, 0.6) is 5.75 Å². The van der Waals surface area contributed by atoms with Crippen LogP contribution >= 0.6 is 0 Å². The summed E-state index contributed by atoms with van der Waals surface area (Å²) in [5.74, 6) is 1.76. The van der Waals surface area contributed by atoms with Crippen molar-refractivity contribution in [3.63, 3.8) is 0 Å². The molecule has 0 unspecified atom stereocenters. The zero-order valence-electron chi connectivity index (χ0n) is 12.6. The van der Waals surface area contributed by atoms with Gasteiger partial charge in [0.05, 0.1) is 7.11 Å². The Morgan fingerprint density at radius 1 is 1.09 bits per heavy atom. The lowest BCUT2D eigenvalue weighted by atomic mass is 10.1. The summed E-state index contributed by atoms with van der Waals surface area (Å²) in [6.45, 7) is 1.32. The van der Waals surface area contributed by atoms with E-state index in [4.69, 9.17) is 10.5 Å². The summed E-state index contributed by atoms with van der Waals surface area (Å²) in [6.07, 6.45) is 3.81. The quantitative estimate of drug-likeness (QED) is 0.786. The second-order valence-corrected chi connectivity index (χ2v) is 5.13. The first-order valence-corrected chi connectivity index (χ1v) is 7.23. The Morgan fingerprint density at radius 3 is 2.73 bits per heavy atom. The summed E-state index contributed by atoms with van der Waals surface area (Å²) in [5, 5.41) is 0. The fraction of sp³-hybridized carbons (Fsp3) is 0.167. The summed E-state index contributed by atoms with van der Waals surface area (Å²) in [6, 6.07) is 16.3. The standard InChI is InChI=1S/C18H19N3O/c1-22-17-7-3-6-16(11-17)18-20-8-9-21(18)13-15-5-2-4-14(10-15)12-19/h2-11H,12-13,19H2,1H3. The number of aromatic nitrogens is 2. The Labute approximate surface area is 130 Å². The molecule has 1 heterocycles. The van der Waals surface area contributed by atoms with E-state index in [2.05, 4.69) is 21.7 Å². The van der Waals surface area contributed by atoms with Crippen LogP contribution in [0.4, 0.5) is 0 Å². The van der Waals surface area contributed by atoms with Crippen LogP contribution in [-0.2, 0) is 13.1 Å². The van der Waals surface area contributed by atoms with Gasteiger partial charge in [0.2, 0.25) is 0 Å². The van der Waals surface area contributed by atoms with Crippen LogP contribution in [0.2, 0.25) is 0 Å². The van der Waals surface area contributed by atoms with Crippen molar-refractivity contribution >= 4 is 0 Å². The normalized spacial score (nSPS) is 10.6. The maximum absolute atomic E-state index is 5.71. The summed E-state index contributed by atoms with van der Waals surface area (Å²) >= 11 is 0. The largest absolute Gasteiger partial charge is 0.497 e. The van der Waals surface area contributed by atoms with E-state index in [1.807, 2.05) is 48.8 Å². The molecule has 112 valence electrons. The number of ether oxygens (including phenoxy) is 1. The maximum atomic E-state index is 5.71. The van der Waals surface area contributed by atoms with E-state index in [-0.39, 0.29) is 0 Å². The first-order chi connectivity index (χ1) is 10.8. The lowest BCUT2D eigenvalue weighted by molar-refractivity contribution is 0.415. The lowest BCUT2D eigenvalue weighted by Gasteiger charge is -2.10. The van der Waals surface area contributed by atoms with Gasteiger partial charge in [-0.3, -0.25) is 0 Å². The fourth-order valence-corrected chi connectivity index (χ4v) is 2.51. The molecule has 0 saturated heterocycles. The molecular weight excluding hydrogens is 274 g/mol. The van der Waals surface area contributed by atoms with Gasteiger partial charge in [-0.2, -0.15) is 0 Å². The lowest BCUT2D eigenvalue weighted by Crippen LogP contribution is -2.03. The van der Waals surface area contributed by atoms with Gasteiger partial charge in [-0.15, -0.1) is 0 Å². The maximum Gasteiger partial charge on any atom is 0.140 e. The van der Waals surface area contributed by atoms with Crippen molar-refractivity contribution in [1.82, 2.24) is 9.55 Å². The highest BCUT2D eigenvalue weighted by atomic mass is 16.5. The van der Waals surface area contributed by atoms with E-state index in [9.17, 15) is 0 Å². The molecule has 0 spiro atoms. The molecule has 4 nitrogen and oxygen atoms in total. The van der Waals surface area contributed by atoms with Crippen molar-refractivity contribution in [2.24, 2.45) is 5.73 Å². The van der Waals surface area contributed by atoms with E-state index in [1.165, 1.54) is 5.56 Å². The minimum Gasteiger partial charge on any atom is -0.497 e. The van der Waals surface area contributed by atoms with E-state index < -0.39 is 0 Å². The van der Waals surface area contributed by atoms with Crippen molar-refractivity contribution in [3.8, 4) is 17.1 Å². The third kappa shape index (κ3) is 3.02. The molecule has 0 bridgehead atoms. The summed E-state index contributed by atoms with van der Waals surface area (Å²) in [4.78, 5) is 4.48. The number of nitrogens with zero attached hydrogens (tertiary/aromatic N) is 2. The number of benzene rings is 2. The SMILES string of the molecule is COc1cccc(-c2nccn2Cc2cccc(CN)c2)c1. The number of hydrogen-bond acceptors (Lipinski definition) is 3. The van der Waals surface area contributed by atoms with Gasteiger partial charge >= 0.3 is 0 Å². The Bertz CT molecular complexity index is 764. The number of imidazole rings is 1. The number of methoxy groups -OCH3 is 1. The highest BCUT2D eigenvalue weighted by Crippen LogP contribution is 2.23. The van der Waals surface area contributed by atoms with Crippen molar-refractivity contribution in [2.75, 3.05) is 7.11 Å². The zero-order valence-corrected chi connectivity index (χ0v) is 12.6. The number of nitrogens with two attached hydrogens (primary N) is 1. The molecule has 0 amide bonds. The monoisotopic (exact) mass is 293 g/mol. The number of hydrogen-bond donors (Lipinski definition) is 1. The van der Waals surface area contributed by atoms with Crippen LogP contribution in [0.3, 0.4) is 0 Å². The zero-order chi connectivity index (χ0) is 15.4. The van der Waals surface area contributed by atoms with Crippen molar-refractivity contribution in [1.29, 1.82) is 0 Å². The average molecular weight is 293 g/mol. The van der Waals surface area contributed by atoms with E-state index >= 15 is 0 Å². The predicted molar refractivity (Wildman–Crippen MR) is 87.7 cm³/mol. The summed E-state index contributed by atoms with van der Waals surface area (Å²) in [5.41, 5.74) is 9.11. The average Bonchev–Trinajstić information content (AvgIpc) is 3.03. The van der Waals surface area contributed by atoms with Gasteiger partial charge in [-0.25, -0.2) is 4.98 Å². The van der Waals surface area contributed by atoms with E-state index in [1.54, 1.807) is 7.11 Å². The Morgan fingerprint density at radius 2 is 1.91 bits per heavy atom. The smallest absolute Gasteiger partial charge is 0.140 e. The molecule has 0 saturated carbocycles. The third-order valence-electron chi connectivity index (χ3n) is 3.62. The minimum atomic E-state index is 0.556. The molecule has 3 aromatic rings. The van der Waals surface area contributed by atoms with Crippen LogP contribution in [0.25, 0.3) is 11.4 Å². The minimum absolute atomic E-state index is 0.556. The predicted octanol–water partition coefficient (Wildman–Crippen LogP) is 3.07. The Kier molecular flexibility index (Phi) is 4.21. The van der Waals surface area contributed by atoms with Crippen molar-refractivity contribution < 1.29 is 4.74 Å². The highest BCUT2D eigenvalue weighted by Gasteiger charge is 2.07. The summed E-state index contributed by atoms with van der Waals surface area (Å²) in [7, 11) is 1.67. The molecule has 4 heteroatoms. The van der Waals surface area contributed by atoms with Crippen LogP contribution in [-0.4, -0.2) is 16.7 Å².